The predicted octanol–water partition coefficient (Wildman–Crippen LogP) is 1.71. The number of nitrogens with zero attached hydrogens (tertiary/aromatic N) is 3. The van der Waals surface area contributed by atoms with Gasteiger partial charge in [0.05, 0.1) is 5.02 Å². The van der Waals surface area contributed by atoms with Gasteiger partial charge in [0.25, 0.3) is 0 Å². The van der Waals surface area contributed by atoms with Gasteiger partial charge in [-0.2, -0.15) is 4.31 Å². The summed E-state index contributed by atoms with van der Waals surface area (Å²) in [4.78, 5) is 6.09. The molecule has 19 heavy (non-hydrogen) atoms. The minimum Gasteiger partial charge on any atom is -0.301 e. The summed E-state index contributed by atoms with van der Waals surface area (Å²) in [5, 5.41) is 0.256. The van der Waals surface area contributed by atoms with E-state index in [0.717, 1.165) is 19.6 Å². The maximum Gasteiger partial charge on any atom is 0.244 e. The van der Waals surface area contributed by atoms with Gasteiger partial charge in [0.1, 0.15) is 10.0 Å². The molecule has 0 spiro atoms. The number of sulfonamides is 1. The van der Waals surface area contributed by atoms with Gasteiger partial charge in [-0.3, -0.25) is 0 Å². The van der Waals surface area contributed by atoms with Gasteiger partial charge in [0, 0.05) is 32.4 Å². The number of rotatable bonds is 3. The molecule has 2 heterocycles. The van der Waals surface area contributed by atoms with E-state index >= 15 is 0 Å². The average Bonchev–Trinajstić information content (AvgIpc) is 2.41. The number of aromatic nitrogens is 1. The van der Waals surface area contributed by atoms with E-state index in [0.29, 0.717) is 13.1 Å². The first-order valence-corrected chi connectivity index (χ1v) is 8.18. The molecular formula is C11H15Cl2N3O2S. The Balaban J connectivity index is 2.21. The lowest BCUT2D eigenvalue weighted by Gasteiger charge is -2.33. The third-order valence-electron chi connectivity index (χ3n) is 3.19. The first kappa shape index (κ1) is 15.0. The first-order chi connectivity index (χ1) is 8.95. The van der Waals surface area contributed by atoms with Crippen molar-refractivity contribution >= 4 is 33.2 Å². The molecule has 106 valence electrons. The number of hydrogen-bond acceptors (Lipinski definition) is 4. The van der Waals surface area contributed by atoms with Crippen molar-refractivity contribution in [1.29, 1.82) is 0 Å². The van der Waals surface area contributed by atoms with Crippen LogP contribution in [0.5, 0.6) is 0 Å². The van der Waals surface area contributed by atoms with Crippen molar-refractivity contribution in [2.24, 2.45) is 0 Å². The third-order valence-corrected chi connectivity index (χ3v) is 5.74. The molecule has 0 N–H and O–H groups in total. The van der Waals surface area contributed by atoms with E-state index in [1.54, 1.807) is 0 Å². The molecule has 1 aromatic heterocycles. The lowest BCUT2D eigenvalue weighted by atomic mass is 10.4. The zero-order valence-corrected chi connectivity index (χ0v) is 12.8. The summed E-state index contributed by atoms with van der Waals surface area (Å²) in [6.45, 7) is 5.44. The summed E-state index contributed by atoms with van der Waals surface area (Å²) < 4.78 is 26.3. The summed E-state index contributed by atoms with van der Waals surface area (Å²) >= 11 is 11.5. The van der Waals surface area contributed by atoms with Crippen LogP contribution in [-0.4, -0.2) is 55.3 Å². The highest BCUT2D eigenvalue weighted by Gasteiger charge is 2.28. The van der Waals surface area contributed by atoms with Crippen molar-refractivity contribution in [3.63, 3.8) is 0 Å². The Morgan fingerprint density at radius 3 is 2.42 bits per heavy atom. The highest BCUT2D eigenvalue weighted by Crippen LogP contribution is 2.24. The molecule has 1 aliphatic heterocycles. The molecule has 0 unspecified atom stereocenters. The Bertz CT molecular complexity index is 557. The number of halogens is 2. The zero-order valence-electron chi connectivity index (χ0n) is 10.5. The van der Waals surface area contributed by atoms with Crippen molar-refractivity contribution in [3.8, 4) is 0 Å². The number of pyridine rings is 1. The maximum atomic E-state index is 12.4. The highest BCUT2D eigenvalue weighted by atomic mass is 35.5. The summed E-state index contributed by atoms with van der Waals surface area (Å²) in [5.74, 6) is 0. The second-order valence-corrected chi connectivity index (χ2v) is 6.99. The van der Waals surface area contributed by atoms with Crippen molar-refractivity contribution in [3.05, 3.63) is 22.4 Å². The zero-order chi connectivity index (χ0) is 14.0. The van der Waals surface area contributed by atoms with Crippen LogP contribution >= 0.6 is 23.2 Å². The Hall–Kier alpha value is -0.400. The minimum absolute atomic E-state index is 0.0897. The largest absolute Gasteiger partial charge is 0.301 e. The molecule has 0 atom stereocenters. The van der Waals surface area contributed by atoms with Crippen LogP contribution in [0.25, 0.3) is 0 Å². The molecule has 1 aliphatic rings. The molecule has 0 aromatic carbocycles. The highest BCUT2D eigenvalue weighted by molar-refractivity contribution is 7.89. The quantitative estimate of drug-likeness (QED) is 0.795. The number of piperazine rings is 1. The van der Waals surface area contributed by atoms with E-state index in [1.807, 2.05) is 0 Å². The standard InChI is InChI=1S/C11H15Cl2N3O2S/c1-2-15-3-5-16(6-4-15)19(17,18)9-7-10(12)11(13)14-8-9/h7-8H,2-6H2,1H3. The van der Waals surface area contributed by atoms with Gasteiger partial charge in [0.2, 0.25) is 10.0 Å². The second-order valence-electron chi connectivity index (χ2n) is 4.28. The van der Waals surface area contributed by atoms with E-state index in [2.05, 4.69) is 16.8 Å². The molecular weight excluding hydrogens is 309 g/mol. The topological polar surface area (TPSA) is 53.5 Å². The Morgan fingerprint density at radius 2 is 1.89 bits per heavy atom. The molecule has 1 fully saturated rings. The van der Waals surface area contributed by atoms with E-state index in [-0.39, 0.29) is 15.1 Å². The van der Waals surface area contributed by atoms with Crippen LogP contribution in [0.1, 0.15) is 6.92 Å². The molecule has 2 rings (SSSR count). The van der Waals surface area contributed by atoms with Crippen LogP contribution < -0.4 is 0 Å². The fraction of sp³-hybridized carbons (Fsp3) is 0.545. The molecule has 0 amide bonds. The molecule has 0 aliphatic carbocycles. The SMILES string of the molecule is CCN1CCN(S(=O)(=O)c2cnc(Cl)c(Cl)c2)CC1. The van der Waals surface area contributed by atoms with Gasteiger partial charge < -0.3 is 4.90 Å². The van der Waals surface area contributed by atoms with Gasteiger partial charge in [-0.15, -0.1) is 0 Å². The molecule has 0 saturated carbocycles. The van der Waals surface area contributed by atoms with E-state index < -0.39 is 10.0 Å². The summed E-state index contributed by atoms with van der Waals surface area (Å²) in [7, 11) is -3.53. The summed E-state index contributed by atoms with van der Waals surface area (Å²) in [5.41, 5.74) is 0. The van der Waals surface area contributed by atoms with Crippen molar-refractivity contribution in [2.75, 3.05) is 32.7 Å². The van der Waals surface area contributed by atoms with E-state index in [9.17, 15) is 8.42 Å². The van der Waals surface area contributed by atoms with Crippen molar-refractivity contribution in [1.82, 2.24) is 14.2 Å². The van der Waals surface area contributed by atoms with Crippen molar-refractivity contribution < 1.29 is 8.42 Å². The molecule has 0 bridgehead atoms. The normalized spacial score (nSPS) is 18.7. The van der Waals surface area contributed by atoms with Crippen LogP contribution in [0.4, 0.5) is 0 Å². The van der Waals surface area contributed by atoms with E-state index in [1.165, 1.54) is 16.6 Å². The fourth-order valence-corrected chi connectivity index (χ4v) is 3.71. The van der Waals surface area contributed by atoms with Gasteiger partial charge in [0.15, 0.2) is 0 Å². The minimum atomic E-state index is -3.53. The molecule has 1 saturated heterocycles. The van der Waals surface area contributed by atoms with Crippen LogP contribution in [0.3, 0.4) is 0 Å². The monoisotopic (exact) mass is 323 g/mol. The molecule has 8 heteroatoms. The van der Waals surface area contributed by atoms with Gasteiger partial charge in [-0.05, 0) is 12.6 Å². The maximum absolute atomic E-state index is 12.4. The van der Waals surface area contributed by atoms with Crippen LogP contribution in [0, 0.1) is 0 Å². The van der Waals surface area contributed by atoms with Crippen molar-refractivity contribution in [2.45, 2.75) is 11.8 Å². The Morgan fingerprint density at radius 1 is 1.26 bits per heavy atom. The smallest absolute Gasteiger partial charge is 0.244 e. The predicted molar refractivity (Wildman–Crippen MR) is 75.1 cm³/mol. The summed E-state index contributed by atoms with van der Waals surface area (Å²) in [6, 6.07) is 1.35. The lowest BCUT2D eigenvalue weighted by molar-refractivity contribution is 0.196. The Labute approximate surface area is 123 Å². The lowest BCUT2D eigenvalue weighted by Crippen LogP contribution is -2.48. The average molecular weight is 324 g/mol. The fourth-order valence-electron chi connectivity index (χ4n) is 1.98. The van der Waals surface area contributed by atoms with Crippen LogP contribution in [0.15, 0.2) is 17.2 Å². The van der Waals surface area contributed by atoms with Gasteiger partial charge in [-0.1, -0.05) is 30.1 Å². The number of likely N-dealkylation sites (N-methyl/N-ethyl adjacent to an activating group) is 1. The molecule has 5 nitrogen and oxygen atoms in total. The summed E-state index contributed by atoms with van der Waals surface area (Å²) in [6.07, 6.45) is 1.25. The first-order valence-electron chi connectivity index (χ1n) is 5.98. The van der Waals surface area contributed by atoms with E-state index in [4.69, 9.17) is 23.2 Å². The van der Waals surface area contributed by atoms with Crippen LogP contribution in [-0.2, 0) is 10.0 Å². The Kier molecular flexibility index (Phi) is 4.68. The number of hydrogen-bond donors (Lipinski definition) is 0. The van der Waals surface area contributed by atoms with Gasteiger partial charge in [-0.25, -0.2) is 13.4 Å². The third kappa shape index (κ3) is 3.20. The second kappa shape index (κ2) is 5.93. The van der Waals surface area contributed by atoms with Gasteiger partial charge >= 0.3 is 0 Å². The molecule has 1 aromatic rings. The molecule has 0 radical (unpaired) electrons. The van der Waals surface area contributed by atoms with Crippen LogP contribution in [0.2, 0.25) is 10.2 Å².